The second-order valence-electron chi connectivity index (χ2n) is 8.01. The molecule has 1 aromatic rings. The smallest absolute Gasteiger partial charge is 0.216 e. The molecule has 0 aromatic heterocycles. The van der Waals surface area contributed by atoms with Crippen LogP contribution in [0.1, 0.15) is 44.2 Å². The first kappa shape index (κ1) is 23.6. The fourth-order valence-electron chi connectivity index (χ4n) is 3.46. The number of sulfonamides is 1. The minimum Gasteiger partial charge on any atom is -0.381 e. The van der Waals surface area contributed by atoms with Crippen molar-refractivity contribution in [1.29, 1.82) is 0 Å². The summed E-state index contributed by atoms with van der Waals surface area (Å²) in [6, 6.07) is 7.56. The van der Waals surface area contributed by atoms with Crippen LogP contribution in [0.15, 0.2) is 29.3 Å². The summed E-state index contributed by atoms with van der Waals surface area (Å²) in [6.45, 7) is 7.01. The average molecular weight is 425 g/mol. The monoisotopic (exact) mass is 424 g/mol. The number of benzene rings is 1. The van der Waals surface area contributed by atoms with Crippen LogP contribution in [0.3, 0.4) is 0 Å². The number of rotatable bonds is 9. The predicted molar refractivity (Wildman–Crippen MR) is 118 cm³/mol. The highest BCUT2D eigenvalue weighted by molar-refractivity contribution is 7.88. The Balaban J connectivity index is 1.81. The number of hydrogen-bond acceptors (Lipinski definition) is 4. The summed E-state index contributed by atoms with van der Waals surface area (Å²) in [4.78, 5) is 6.54. The van der Waals surface area contributed by atoms with E-state index >= 15 is 0 Å². The summed E-state index contributed by atoms with van der Waals surface area (Å²) in [5, 5.41) is 3.39. The summed E-state index contributed by atoms with van der Waals surface area (Å²) in [5.41, 5.74) is 1.86. The Hall–Kier alpha value is -1.64. The maximum Gasteiger partial charge on any atom is 0.216 e. The quantitative estimate of drug-likeness (QED) is 0.470. The molecule has 29 heavy (non-hydrogen) atoms. The van der Waals surface area contributed by atoms with Crippen molar-refractivity contribution in [3.63, 3.8) is 0 Å². The molecule has 1 aliphatic rings. The van der Waals surface area contributed by atoms with Gasteiger partial charge >= 0.3 is 0 Å². The lowest BCUT2D eigenvalue weighted by atomic mass is 9.96. The van der Waals surface area contributed by atoms with E-state index in [1.165, 1.54) is 0 Å². The summed E-state index contributed by atoms with van der Waals surface area (Å²) < 4.78 is 32.1. The first-order valence-electron chi connectivity index (χ1n) is 10.4. The van der Waals surface area contributed by atoms with E-state index in [1.54, 1.807) is 7.05 Å². The summed E-state index contributed by atoms with van der Waals surface area (Å²) in [5.74, 6) is 1.60. The topological polar surface area (TPSA) is 83.0 Å². The van der Waals surface area contributed by atoms with Crippen molar-refractivity contribution in [2.75, 3.05) is 33.9 Å². The fraction of sp³-hybridized carbons (Fsp3) is 0.667. The summed E-state index contributed by atoms with van der Waals surface area (Å²) >= 11 is 0. The molecule has 164 valence electrons. The van der Waals surface area contributed by atoms with Gasteiger partial charge in [-0.2, -0.15) is 0 Å². The fourth-order valence-corrected chi connectivity index (χ4v) is 4.89. The van der Waals surface area contributed by atoms with Gasteiger partial charge in [0.05, 0.1) is 5.75 Å². The van der Waals surface area contributed by atoms with Gasteiger partial charge in [-0.15, -0.1) is 0 Å². The Bertz CT molecular complexity index is 742. The number of ether oxygens (including phenoxy) is 1. The van der Waals surface area contributed by atoms with Crippen LogP contribution in [0.5, 0.6) is 0 Å². The van der Waals surface area contributed by atoms with Gasteiger partial charge in [0.1, 0.15) is 0 Å². The molecule has 2 N–H and O–H groups in total. The minimum atomic E-state index is -3.30. The van der Waals surface area contributed by atoms with Crippen molar-refractivity contribution in [3.05, 3.63) is 35.4 Å². The Kier molecular flexibility index (Phi) is 9.39. The Morgan fingerprint density at radius 1 is 1.21 bits per heavy atom. The van der Waals surface area contributed by atoms with Gasteiger partial charge in [0.25, 0.3) is 0 Å². The molecule has 8 heteroatoms. The SMILES string of the molecule is CN=C(NCc1ccc(CS(=O)(=O)NC(C)C)cc1)N(C)CCC1CCOCC1. The Labute approximate surface area is 176 Å². The second-order valence-corrected chi connectivity index (χ2v) is 9.77. The molecule has 1 fully saturated rings. The molecule has 0 radical (unpaired) electrons. The molecular weight excluding hydrogens is 388 g/mol. The van der Waals surface area contributed by atoms with Crippen LogP contribution in [-0.2, 0) is 27.1 Å². The van der Waals surface area contributed by atoms with E-state index in [9.17, 15) is 8.42 Å². The van der Waals surface area contributed by atoms with Gasteiger partial charge in [0.15, 0.2) is 5.96 Å². The first-order valence-corrected chi connectivity index (χ1v) is 12.0. The predicted octanol–water partition coefficient (Wildman–Crippen LogP) is 2.34. The molecule has 0 atom stereocenters. The maximum absolute atomic E-state index is 12.0. The number of aliphatic imine (C=N–C) groups is 1. The van der Waals surface area contributed by atoms with E-state index < -0.39 is 10.0 Å². The molecular formula is C21H36N4O3S. The second kappa shape index (κ2) is 11.5. The average Bonchev–Trinajstić information content (AvgIpc) is 2.67. The molecule has 7 nitrogen and oxygen atoms in total. The third-order valence-corrected chi connectivity index (χ3v) is 6.58. The zero-order valence-electron chi connectivity index (χ0n) is 18.1. The minimum absolute atomic E-state index is 0.00446. The van der Waals surface area contributed by atoms with Crippen LogP contribution >= 0.6 is 0 Å². The lowest BCUT2D eigenvalue weighted by Crippen LogP contribution is -2.39. The zero-order chi connectivity index (χ0) is 21.3. The molecule has 0 spiro atoms. The van der Waals surface area contributed by atoms with E-state index in [1.807, 2.05) is 38.1 Å². The third kappa shape index (κ3) is 8.72. The summed E-state index contributed by atoms with van der Waals surface area (Å²) in [6.07, 6.45) is 3.44. The molecule has 0 saturated carbocycles. The van der Waals surface area contributed by atoms with E-state index in [4.69, 9.17) is 4.74 Å². The molecule has 1 saturated heterocycles. The molecule has 1 heterocycles. The van der Waals surface area contributed by atoms with Crippen LogP contribution < -0.4 is 10.0 Å². The number of hydrogen-bond donors (Lipinski definition) is 2. The molecule has 0 unspecified atom stereocenters. The standard InChI is InChI=1S/C21H36N4O3S/c1-17(2)24-29(26,27)16-20-7-5-19(6-8-20)15-23-21(22-3)25(4)12-9-18-10-13-28-14-11-18/h5-8,17-18,24H,9-16H2,1-4H3,(H,22,23). The highest BCUT2D eigenvalue weighted by Crippen LogP contribution is 2.18. The zero-order valence-corrected chi connectivity index (χ0v) is 19.0. The van der Waals surface area contributed by atoms with Gasteiger partial charge in [-0.3, -0.25) is 4.99 Å². The van der Waals surface area contributed by atoms with Crippen LogP contribution in [0.4, 0.5) is 0 Å². The lowest BCUT2D eigenvalue weighted by Gasteiger charge is -2.26. The molecule has 2 rings (SSSR count). The highest BCUT2D eigenvalue weighted by atomic mass is 32.2. The van der Waals surface area contributed by atoms with Gasteiger partial charge in [0.2, 0.25) is 10.0 Å². The molecule has 0 bridgehead atoms. The van der Waals surface area contributed by atoms with Crippen molar-refractivity contribution in [1.82, 2.24) is 14.9 Å². The van der Waals surface area contributed by atoms with E-state index in [0.717, 1.165) is 62.0 Å². The Morgan fingerprint density at radius 3 is 2.41 bits per heavy atom. The largest absolute Gasteiger partial charge is 0.381 e. The van der Waals surface area contributed by atoms with Crippen LogP contribution in [0.25, 0.3) is 0 Å². The Morgan fingerprint density at radius 2 is 1.83 bits per heavy atom. The van der Waals surface area contributed by atoms with Crippen molar-refractivity contribution < 1.29 is 13.2 Å². The molecule has 0 amide bonds. The highest BCUT2D eigenvalue weighted by Gasteiger charge is 2.16. The molecule has 0 aliphatic carbocycles. The molecule has 1 aliphatic heterocycles. The normalized spacial score (nSPS) is 16.2. The summed E-state index contributed by atoms with van der Waals surface area (Å²) in [7, 11) is 0.552. The van der Waals surface area contributed by atoms with Crippen molar-refractivity contribution >= 4 is 16.0 Å². The maximum atomic E-state index is 12.0. The van der Waals surface area contributed by atoms with Crippen LogP contribution in [0, 0.1) is 5.92 Å². The van der Waals surface area contributed by atoms with Crippen LogP contribution in [0.2, 0.25) is 0 Å². The van der Waals surface area contributed by atoms with E-state index in [0.29, 0.717) is 6.54 Å². The molecule has 1 aromatic carbocycles. The third-order valence-electron chi connectivity index (χ3n) is 5.03. The van der Waals surface area contributed by atoms with Crippen LogP contribution in [-0.4, -0.2) is 59.2 Å². The first-order chi connectivity index (χ1) is 13.8. The van der Waals surface area contributed by atoms with Crippen molar-refractivity contribution in [2.24, 2.45) is 10.9 Å². The number of guanidine groups is 1. The van der Waals surface area contributed by atoms with Crippen molar-refractivity contribution in [3.8, 4) is 0 Å². The van der Waals surface area contributed by atoms with Gasteiger partial charge in [0, 0.05) is 46.4 Å². The van der Waals surface area contributed by atoms with Gasteiger partial charge in [-0.05, 0) is 50.2 Å². The number of nitrogens with zero attached hydrogens (tertiary/aromatic N) is 2. The van der Waals surface area contributed by atoms with Gasteiger partial charge in [-0.1, -0.05) is 24.3 Å². The van der Waals surface area contributed by atoms with E-state index in [-0.39, 0.29) is 11.8 Å². The van der Waals surface area contributed by atoms with Crippen molar-refractivity contribution in [2.45, 2.75) is 51.4 Å². The number of nitrogens with one attached hydrogen (secondary N) is 2. The lowest BCUT2D eigenvalue weighted by molar-refractivity contribution is 0.0625. The van der Waals surface area contributed by atoms with E-state index in [2.05, 4.69) is 27.0 Å². The van der Waals surface area contributed by atoms with Gasteiger partial charge in [-0.25, -0.2) is 13.1 Å². The van der Waals surface area contributed by atoms with Gasteiger partial charge < -0.3 is 15.0 Å².